The molecule has 0 aliphatic heterocycles. The normalized spacial score (nSPS) is 12.1. The number of carbonyl (C=O) groups is 2. The number of rotatable bonds is 12. The van der Waals surface area contributed by atoms with Crippen molar-refractivity contribution in [1.29, 1.82) is 0 Å². The van der Waals surface area contributed by atoms with Crippen LogP contribution in [0.15, 0.2) is 30.4 Å². The molecule has 0 aliphatic carbocycles. The maximum Gasteiger partial charge on any atom is 0.346 e. The van der Waals surface area contributed by atoms with Crippen LogP contribution in [0.5, 0.6) is 11.5 Å². The first kappa shape index (κ1) is 23.5. The average molecular weight is 392 g/mol. The van der Waals surface area contributed by atoms with Gasteiger partial charge in [-0.25, -0.2) is 4.79 Å². The third-order valence-corrected chi connectivity index (χ3v) is 4.10. The van der Waals surface area contributed by atoms with E-state index < -0.39 is 12.1 Å². The number of carbonyl (C=O) groups excluding carboxylic acids is 2. The Hall–Kier alpha value is -2.50. The minimum absolute atomic E-state index is 0.0337. The molecule has 0 radical (unpaired) electrons. The number of nitrogens with one attached hydrogen (secondary N) is 1. The van der Waals surface area contributed by atoms with E-state index in [9.17, 15) is 9.59 Å². The van der Waals surface area contributed by atoms with E-state index in [0.717, 1.165) is 24.8 Å². The number of unbranched alkanes of at least 4 members (excludes halogenated alkanes) is 2. The molecule has 28 heavy (non-hydrogen) atoms. The van der Waals surface area contributed by atoms with Crippen LogP contribution in [0, 0.1) is 5.92 Å². The summed E-state index contributed by atoms with van der Waals surface area (Å²) in [6, 6.07) is 5.34. The Morgan fingerprint density at radius 3 is 2.50 bits per heavy atom. The Balaban J connectivity index is 2.45. The number of methoxy groups -OCH3 is 2. The van der Waals surface area contributed by atoms with Gasteiger partial charge >= 0.3 is 5.97 Å². The highest BCUT2D eigenvalue weighted by molar-refractivity contribution is 5.76. The van der Waals surface area contributed by atoms with Gasteiger partial charge in [-0.05, 0) is 49.8 Å². The Kier molecular flexibility index (Phi) is 10.8. The van der Waals surface area contributed by atoms with E-state index in [0.29, 0.717) is 30.4 Å². The Labute approximate surface area is 168 Å². The molecule has 1 aromatic carbocycles. The molecule has 0 fully saturated rings. The van der Waals surface area contributed by atoms with E-state index >= 15 is 0 Å². The zero-order valence-corrected chi connectivity index (χ0v) is 17.6. The van der Waals surface area contributed by atoms with Crippen LogP contribution < -0.4 is 14.8 Å². The summed E-state index contributed by atoms with van der Waals surface area (Å²) in [5, 5.41) is 2.92. The van der Waals surface area contributed by atoms with Gasteiger partial charge in [-0.3, -0.25) is 4.79 Å². The summed E-state index contributed by atoms with van der Waals surface area (Å²) in [6.07, 6.45) is 7.04. The molecule has 1 N–H and O–H groups in total. The van der Waals surface area contributed by atoms with Crippen LogP contribution >= 0.6 is 0 Å². The number of hydrogen-bond acceptors (Lipinski definition) is 5. The zero-order valence-electron chi connectivity index (χ0n) is 17.6. The lowest BCUT2D eigenvalue weighted by Crippen LogP contribution is -2.25. The standard InChI is InChI=1S/C22H33NO5/c1-16(2)10-8-6-7-9-11-21(24)23-15-18-12-13-19(20(14-18)26-4)28-17(3)22(25)27-5/h8,10,12-14,16-17H,6-7,9,11,15H2,1-5H3,(H,23,24). The van der Waals surface area contributed by atoms with Gasteiger partial charge in [0.1, 0.15) is 0 Å². The zero-order chi connectivity index (χ0) is 20.9. The lowest BCUT2D eigenvalue weighted by molar-refractivity contribution is -0.147. The van der Waals surface area contributed by atoms with Crippen LogP contribution in [-0.4, -0.2) is 32.2 Å². The van der Waals surface area contributed by atoms with Crippen molar-refractivity contribution in [3.05, 3.63) is 35.9 Å². The molecule has 1 aromatic rings. The quantitative estimate of drug-likeness (QED) is 0.331. The molecule has 0 aliphatic rings. The fraction of sp³-hybridized carbons (Fsp3) is 0.545. The molecule has 0 aromatic heterocycles. The van der Waals surface area contributed by atoms with Crippen molar-refractivity contribution in [1.82, 2.24) is 5.32 Å². The van der Waals surface area contributed by atoms with Crippen molar-refractivity contribution in [2.75, 3.05) is 14.2 Å². The molecular weight excluding hydrogens is 358 g/mol. The third-order valence-electron chi connectivity index (χ3n) is 4.10. The maximum atomic E-state index is 12.0. The molecule has 0 saturated heterocycles. The number of benzene rings is 1. The average Bonchev–Trinajstić information content (AvgIpc) is 2.68. The topological polar surface area (TPSA) is 73.9 Å². The monoisotopic (exact) mass is 391 g/mol. The van der Waals surface area contributed by atoms with Crippen molar-refractivity contribution in [2.45, 2.75) is 59.1 Å². The van der Waals surface area contributed by atoms with Crippen LogP contribution in [-0.2, 0) is 20.9 Å². The van der Waals surface area contributed by atoms with Crippen LogP contribution in [0.1, 0.15) is 52.0 Å². The maximum absolute atomic E-state index is 12.0. The number of hydrogen-bond donors (Lipinski definition) is 1. The molecule has 1 rings (SSSR count). The van der Waals surface area contributed by atoms with Crippen LogP contribution in [0.4, 0.5) is 0 Å². The summed E-state index contributed by atoms with van der Waals surface area (Å²) < 4.78 is 15.6. The summed E-state index contributed by atoms with van der Waals surface area (Å²) in [5.41, 5.74) is 0.892. The molecule has 6 heteroatoms. The van der Waals surface area contributed by atoms with Crippen molar-refractivity contribution in [3.63, 3.8) is 0 Å². The molecule has 0 bridgehead atoms. The first-order valence-corrected chi connectivity index (χ1v) is 9.72. The molecule has 0 heterocycles. The smallest absolute Gasteiger partial charge is 0.346 e. The van der Waals surface area contributed by atoms with Gasteiger partial charge in [0, 0.05) is 13.0 Å². The lowest BCUT2D eigenvalue weighted by atomic mass is 10.1. The largest absolute Gasteiger partial charge is 0.493 e. The summed E-state index contributed by atoms with van der Waals surface area (Å²) >= 11 is 0. The molecular formula is C22H33NO5. The van der Waals surface area contributed by atoms with E-state index in [2.05, 4.69) is 36.1 Å². The lowest BCUT2D eigenvalue weighted by Gasteiger charge is -2.16. The predicted molar refractivity (Wildman–Crippen MR) is 109 cm³/mol. The van der Waals surface area contributed by atoms with E-state index in [1.807, 2.05) is 6.07 Å². The molecule has 156 valence electrons. The van der Waals surface area contributed by atoms with Gasteiger partial charge in [-0.15, -0.1) is 0 Å². The first-order chi connectivity index (χ1) is 13.4. The highest BCUT2D eigenvalue weighted by Gasteiger charge is 2.17. The van der Waals surface area contributed by atoms with E-state index in [1.54, 1.807) is 19.1 Å². The van der Waals surface area contributed by atoms with Gasteiger partial charge in [0.25, 0.3) is 0 Å². The van der Waals surface area contributed by atoms with Crippen LogP contribution in [0.3, 0.4) is 0 Å². The number of ether oxygens (including phenoxy) is 3. The highest BCUT2D eigenvalue weighted by atomic mass is 16.6. The summed E-state index contributed by atoms with van der Waals surface area (Å²) in [4.78, 5) is 23.5. The Morgan fingerprint density at radius 1 is 1.11 bits per heavy atom. The van der Waals surface area contributed by atoms with Gasteiger partial charge in [0.2, 0.25) is 5.91 Å². The van der Waals surface area contributed by atoms with E-state index in [4.69, 9.17) is 9.47 Å². The minimum atomic E-state index is -0.736. The van der Waals surface area contributed by atoms with Gasteiger partial charge in [0.15, 0.2) is 17.6 Å². The molecule has 0 saturated carbocycles. The number of amides is 1. The fourth-order valence-electron chi connectivity index (χ4n) is 2.53. The van der Waals surface area contributed by atoms with Crippen molar-refractivity contribution >= 4 is 11.9 Å². The summed E-state index contributed by atoms with van der Waals surface area (Å²) in [5.74, 6) is 1.09. The van der Waals surface area contributed by atoms with Crippen LogP contribution in [0.25, 0.3) is 0 Å². The molecule has 1 amide bonds. The molecule has 6 nitrogen and oxygen atoms in total. The highest BCUT2D eigenvalue weighted by Crippen LogP contribution is 2.29. The molecule has 1 unspecified atom stereocenters. The Bertz CT molecular complexity index is 654. The second-order valence-electron chi connectivity index (χ2n) is 6.96. The fourth-order valence-corrected chi connectivity index (χ4v) is 2.53. The van der Waals surface area contributed by atoms with Gasteiger partial charge in [0.05, 0.1) is 14.2 Å². The van der Waals surface area contributed by atoms with E-state index in [1.165, 1.54) is 14.2 Å². The van der Waals surface area contributed by atoms with E-state index in [-0.39, 0.29) is 5.91 Å². The Morgan fingerprint density at radius 2 is 1.86 bits per heavy atom. The molecule has 1 atom stereocenters. The number of allylic oxidation sites excluding steroid dienone is 2. The van der Waals surface area contributed by atoms with Crippen molar-refractivity contribution in [3.8, 4) is 11.5 Å². The molecule has 0 spiro atoms. The first-order valence-electron chi connectivity index (χ1n) is 9.72. The van der Waals surface area contributed by atoms with Crippen LogP contribution in [0.2, 0.25) is 0 Å². The SMILES string of the molecule is COC(=O)C(C)Oc1ccc(CNC(=O)CCCCC=CC(C)C)cc1OC. The third kappa shape index (κ3) is 8.93. The van der Waals surface area contributed by atoms with Crippen molar-refractivity contribution < 1.29 is 23.8 Å². The minimum Gasteiger partial charge on any atom is -0.493 e. The van der Waals surface area contributed by atoms with Gasteiger partial charge in [-0.2, -0.15) is 0 Å². The van der Waals surface area contributed by atoms with Gasteiger partial charge in [-0.1, -0.05) is 32.1 Å². The number of esters is 1. The second kappa shape index (κ2) is 12.8. The summed E-state index contributed by atoms with van der Waals surface area (Å²) in [7, 11) is 2.84. The summed E-state index contributed by atoms with van der Waals surface area (Å²) in [6.45, 7) is 6.32. The van der Waals surface area contributed by atoms with Crippen molar-refractivity contribution in [2.24, 2.45) is 5.92 Å². The van der Waals surface area contributed by atoms with Gasteiger partial charge < -0.3 is 19.5 Å². The second-order valence-corrected chi connectivity index (χ2v) is 6.96. The predicted octanol–water partition coefficient (Wildman–Crippen LogP) is 4.02.